The van der Waals surface area contributed by atoms with Crippen molar-refractivity contribution >= 4 is 38.2 Å². The van der Waals surface area contributed by atoms with Gasteiger partial charge in [-0.05, 0) is 18.2 Å². The molecule has 4 rings (SSSR count). The minimum absolute atomic E-state index is 0.498. The summed E-state index contributed by atoms with van der Waals surface area (Å²) in [5.74, 6) is 0. The van der Waals surface area contributed by atoms with Gasteiger partial charge in [-0.2, -0.15) is 5.26 Å². The number of aryl methyl sites for hydroxylation is 1. The second-order valence-corrected chi connectivity index (χ2v) is 7.48. The van der Waals surface area contributed by atoms with Crippen molar-refractivity contribution in [3.8, 4) is 27.9 Å². The van der Waals surface area contributed by atoms with Gasteiger partial charge in [-0.1, -0.05) is 46.3 Å². The Morgan fingerprint density at radius 2 is 2.04 bits per heavy atom. The van der Waals surface area contributed by atoms with Gasteiger partial charge in [0.25, 0.3) is 0 Å². The van der Waals surface area contributed by atoms with E-state index >= 15 is 0 Å². The predicted molar refractivity (Wildman–Crippen MR) is 106 cm³/mol. The average molecular weight is 408 g/mol. The molecule has 0 aliphatic heterocycles. The molecular formula is C20H14BrN3S. The molecule has 4 aromatic rings. The summed E-state index contributed by atoms with van der Waals surface area (Å²) in [5, 5.41) is 13.2. The molecule has 0 spiro atoms. The maximum atomic E-state index is 8.90. The highest BCUT2D eigenvalue weighted by Crippen LogP contribution is 2.34. The van der Waals surface area contributed by atoms with Gasteiger partial charge in [0.1, 0.15) is 5.01 Å². The second-order valence-electron chi connectivity index (χ2n) is 5.71. The summed E-state index contributed by atoms with van der Waals surface area (Å²) < 4.78 is 3.20. The topological polar surface area (TPSA) is 41.6 Å². The summed E-state index contributed by atoms with van der Waals surface area (Å²) in [7, 11) is 0. The molecule has 0 amide bonds. The number of para-hydroxylation sites is 1. The number of aromatic nitrogens is 2. The molecule has 122 valence electrons. The van der Waals surface area contributed by atoms with Gasteiger partial charge in [0.2, 0.25) is 0 Å². The van der Waals surface area contributed by atoms with Crippen molar-refractivity contribution in [1.29, 1.82) is 5.26 Å². The van der Waals surface area contributed by atoms with Crippen LogP contribution >= 0.6 is 27.3 Å². The van der Waals surface area contributed by atoms with Crippen LogP contribution in [0.4, 0.5) is 0 Å². The first-order valence-electron chi connectivity index (χ1n) is 7.93. The summed E-state index contributed by atoms with van der Waals surface area (Å²) in [5.41, 5.74) is 4.35. The molecule has 5 heteroatoms. The Balaban J connectivity index is 1.79. The van der Waals surface area contributed by atoms with Gasteiger partial charge in [0.05, 0.1) is 18.2 Å². The minimum atomic E-state index is 0.498. The van der Waals surface area contributed by atoms with Crippen LogP contribution in [0.5, 0.6) is 0 Å². The third-order valence-corrected chi connectivity index (χ3v) is 5.49. The standard InChI is InChI=1S/C20H14BrN3S/c21-15-6-3-5-14(11-15)20-23-18(13-25-20)17-12-24(10-4-9-22)19-8-2-1-7-16(17)19/h1-3,5-8,11-13H,4,10H2. The van der Waals surface area contributed by atoms with Gasteiger partial charge in [0, 0.05) is 44.6 Å². The summed E-state index contributed by atoms with van der Waals surface area (Å²) >= 11 is 5.17. The number of hydrogen-bond donors (Lipinski definition) is 0. The number of thiazole rings is 1. The van der Waals surface area contributed by atoms with Crippen molar-refractivity contribution in [2.24, 2.45) is 0 Å². The first kappa shape index (κ1) is 16.1. The lowest BCUT2D eigenvalue weighted by Crippen LogP contribution is -1.94. The van der Waals surface area contributed by atoms with E-state index in [0.717, 1.165) is 31.8 Å². The molecule has 0 N–H and O–H groups in total. The zero-order valence-electron chi connectivity index (χ0n) is 13.3. The fraction of sp³-hybridized carbons (Fsp3) is 0.100. The minimum Gasteiger partial charge on any atom is -0.346 e. The van der Waals surface area contributed by atoms with Gasteiger partial charge in [-0.25, -0.2) is 4.98 Å². The Kier molecular flexibility index (Phi) is 4.39. The molecule has 0 saturated heterocycles. The molecule has 0 aliphatic carbocycles. The number of nitriles is 1. The van der Waals surface area contributed by atoms with Gasteiger partial charge < -0.3 is 4.57 Å². The van der Waals surface area contributed by atoms with Gasteiger partial charge in [-0.15, -0.1) is 11.3 Å². The lowest BCUT2D eigenvalue weighted by atomic mass is 10.1. The Labute approximate surface area is 158 Å². The third-order valence-electron chi connectivity index (χ3n) is 4.10. The van der Waals surface area contributed by atoms with E-state index in [9.17, 15) is 0 Å². The van der Waals surface area contributed by atoms with Crippen molar-refractivity contribution in [3.63, 3.8) is 0 Å². The predicted octanol–water partition coefficient (Wildman–Crippen LogP) is 6.11. The van der Waals surface area contributed by atoms with Gasteiger partial charge >= 0.3 is 0 Å². The molecule has 0 saturated carbocycles. The molecule has 0 atom stereocenters. The van der Waals surface area contributed by atoms with E-state index in [2.05, 4.69) is 62.4 Å². The molecule has 0 radical (unpaired) electrons. The normalized spacial score (nSPS) is 10.9. The van der Waals surface area contributed by atoms with Crippen LogP contribution < -0.4 is 0 Å². The highest BCUT2D eigenvalue weighted by molar-refractivity contribution is 9.10. The third kappa shape index (κ3) is 3.11. The van der Waals surface area contributed by atoms with Gasteiger partial charge in [0.15, 0.2) is 0 Å². The highest BCUT2D eigenvalue weighted by atomic mass is 79.9. The Morgan fingerprint density at radius 1 is 1.16 bits per heavy atom. The highest BCUT2D eigenvalue weighted by Gasteiger charge is 2.13. The van der Waals surface area contributed by atoms with Crippen molar-refractivity contribution in [2.45, 2.75) is 13.0 Å². The van der Waals surface area contributed by atoms with Crippen LogP contribution in [-0.2, 0) is 6.54 Å². The number of rotatable bonds is 4. The Hall–Kier alpha value is -2.42. The summed E-state index contributed by atoms with van der Waals surface area (Å²) in [6.45, 7) is 0.694. The van der Waals surface area contributed by atoms with Crippen molar-refractivity contribution < 1.29 is 0 Å². The van der Waals surface area contributed by atoms with Crippen LogP contribution in [0, 0.1) is 11.3 Å². The van der Waals surface area contributed by atoms with Crippen molar-refractivity contribution in [1.82, 2.24) is 9.55 Å². The van der Waals surface area contributed by atoms with E-state index in [1.807, 2.05) is 24.3 Å². The van der Waals surface area contributed by atoms with E-state index in [1.54, 1.807) is 11.3 Å². The maximum Gasteiger partial charge on any atom is 0.124 e. The smallest absolute Gasteiger partial charge is 0.124 e. The monoisotopic (exact) mass is 407 g/mol. The lowest BCUT2D eigenvalue weighted by molar-refractivity contribution is 0.745. The summed E-state index contributed by atoms with van der Waals surface area (Å²) in [6, 6.07) is 18.7. The molecule has 25 heavy (non-hydrogen) atoms. The lowest BCUT2D eigenvalue weighted by Gasteiger charge is -2.00. The number of benzene rings is 2. The van der Waals surface area contributed by atoms with E-state index < -0.39 is 0 Å². The van der Waals surface area contributed by atoms with Crippen LogP contribution in [0.1, 0.15) is 6.42 Å². The van der Waals surface area contributed by atoms with E-state index in [0.29, 0.717) is 13.0 Å². The second kappa shape index (κ2) is 6.83. The van der Waals surface area contributed by atoms with Crippen LogP contribution in [0.2, 0.25) is 0 Å². The van der Waals surface area contributed by atoms with E-state index in [4.69, 9.17) is 10.2 Å². The number of hydrogen-bond acceptors (Lipinski definition) is 3. The quantitative estimate of drug-likeness (QED) is 0.409. The SMILES string of the molecule is N#CCCn1cc(-c2csc(-c3cccc(Br)c3)n2)c2ccccc21. The molecule has 2 aromatic heterocycles. The molecule has 0 bridgehead atoms. The fourth-order valence-electron chi connectivity index (χ4n) is 2.96. The first-order chi connectivity index (χ1) is 12.3. The molecule has 0 fully saturated rings. The molecule has 0 unspecified atom stereocenters. The molecule has 3 nitrogen and oxygen atoms in total. The summed E-state index contributed by atoms with van der Waals surface area (Å²) in [6.07, 6.45) is 2.61. The zero-order valence-corrected chi connectivity index (χ0v) is 15.7. The molecule has 2 heterocycles. The Bertz CT molecular complexity index is 1090. The number of fused-ring (bicyclic) bond motifs is 1. The van der Waals surface area contributed by atoms with Crippen molar-refractivity contribution in [2.75, 3.05) is 0 Å². The largest absolute Gasteiger partial charge is 0.346 e. The molecule has 2 aromatic carbocycles. The van der Waals surface area contributed by atoms with E-state index in [-0.39, 0.29) is 0 Å². The Morgan fingerprint density at radius 3 is 2.88 bits per heavy atom. The van der Waals surface area contributed by atoms with Gasteiger partial charge in [-0.3, -0.25) is 0 Å². The average Bonchev–Trinajstić information content (AvgIpc) is 3.25. The first-order valence-corrected chi connectivity index (χ1v) is 9.60. The fourth-order valence-corrected chi connectivity index (χ4v) is 4.17. The molecule has 0 aliphatic rings. The maximum absolute atomic E-state index is 8.90. The summed E-state index contributed by atoms with van der Waals surface area (Å²) in [4.78, 5) is 4.85. The molecular weight excluding hydrogens is 394 g/mol. The van der Waals surface area contributed by atoms with Crippen LogP contribution in [0.15, 0.2) is 64.6 Å². The zero-order chi connectivity index (χ0) is 17.2. The van der Waals surface area contributed by atoms with Crippen LogP contribution in [0.25, 0.3) is 32.7 Å². The van der Waals surface area contributed by atoms with Crippen LogP contribution in [-0.4, -0.2) is 9.55 Å². The van der Waals surface area contributed by atoms with Crippen molar-refractivity contribution in [3.05, 3.63) is 64.6 Å². The number of nitrogens with zero attached hydrogens (tertiary/aromatic N) is 3. The van der Waals surface area contributed by atoms with Crippen LogP contribution in [0.3, 0.4) is 0 Å². The van der Waals surface area contributed by atoms with E-state index in [1.165, 1.54) is 5.39 Å². The number of halogens is 1.